The van der Waals surface area contributed by atoms with Gasteiger partial charge in [-0.25, -0.2) is 4.98 Å². The maximum atomic E-state index is 10.3. The van der Waals surface area contributed by atoms with E-state index in [1.165, 1.54) is 0 Å². The highest BCUT2D eigenvalue weighted by Crippen LogP contribution is 2.30. The van der Waals surface area contributed by atoms with Crippen molar-refractivity contribution in [2.45, 2.75) is 12.5 Å². The fourth-order valence-electron chi connectivity index (χ4n) is 3.00. The van der Waals surface area contributed by atoms with E-state index in [0.29, 0.717) is 5.92 Å². The van der Waals surface area contributed by atoms with Crippen molar-refractivity contribution in [2.75, 3.05) is 18.0 Å². The van der Waals surface area contributed by atoms with Crippen molar-refractivity contribution in [1.82, 2.24) is 19.4 Å². The van der Waals surface area contributed by atoms with E-state index >= 15 is 0 Å². The van der Waals surface area contributed by atoms with Gasteiger partial charge >= 0.3 is 0 Å². The number of fused-ring (bicyclic) bond motifs is 1. The number of aliphatic hydroxyl groups is 1. The van der Waals surface area contributed by atoms with Gasteiger partial charge in [0.1, 0.15) is 5.82 Å². The van der Waals surface area contributed by atoms with E-state index in [1.54, 1.807) is 24.8 Å². The molecule has 4 rings (SSSR count). The molecular weight excluding hydrogens is 278 g/mol. The van der Waals surface area contributed by atoms with Crippen molar-refractivity contribution in [2.24, 2.45) is 5.92 Å². The van der Waals surface area contributed by atoms with Crippen LogP contribution < -0.4 is 4.90 Å². The third-order valence-corrected chi connectivity index (χ3v) is 4.20. The second-order valence-electron chi connectivity index (χ2n) is 5.73. The number of imidazole rings is 1. The van der Waals surface area contributed by atoms with Crippen molar-refractivity contribution < 1.29 is 5.11 Å². The molecule has 3 aromatic rings. The SMILES string of the molecule is OC(CC1CN(c2cncc3nccn23)C1)c1cccnc1. The minimum atomic E-state index is -0.442. The zero-order valence-electron chi connectivity index (χ0n) is 12.1. The minimum Gasteiger partial charge on any atom is -0.388 e. The molecular formula is C16H17N5O. The van der Waals surface area contributed by atoms with Crippen LogP contribution in [0.5, 0.6) is 0 Å². The third-order valence-electron chi connectivity index (χ3n) is 4.20. The van der Waals surface area contributed by atoms with Crippen LogP contribution in [0.4, 0.5) is 5.82 Å². The van der Waals surface area contributed by atoms with E-state index < -0.39 is 6.10 Å². The van der Waals surface area contributed by atoms with Crippen LogP contribution in [-0.2, 0) is 0 Å². The average Bonchev–Trinajstić information content (AvgIpc) is 3.00. The number of aliphatic hydroxyl groups excluding tert-OH is 1. The van der Waals surface area contributed by atoms with Crippen LogP contribution >= 0.6 is 0 Å². The number of pyridine rings is 1. The Balaban J connectivity index is 1.41. The van der Waals surface area contributed by atoms with Crippen LogP contribution in [-0.4, -0.2) is 37.5 Å². The van der Waals surface area contributed by atoms with Crippen molar-refractivity contribution >= 4 is 11.5 Å². The largest absolute Gasteiger partial charge is 0.388 e. The summed E-state index contributed by atoms with van der Waals surface area (Å²) in [5.41, 5.74) is 1.75. The minimum absolute atomic E-state index is 0.442. The van der Waals surface area contributed by atoms with Gasteiger partial charge < -0.3 is 10.0 Å². The lowest BCUT2D eigenvalue weighted by atomic mass is 9.91. The molecule has 1 aliphatic heterocycles. The first-order valence-electron chi connectivity index (χ1n) is 7.41. The predicted molar refractivity (Wildman–Crippen MR) is 82.5 cm³/mol. The molecule has 1 unspecified atom stereocenters. The molecule has 0 aromatic carbocycles. The molecule has 1 fully saturated rings. The second-order valence-corrected chi connectivity index (χ2v) is 5.73. The molecule has 0 spiro atoms. The number of hydrogen-bond donors (Lipinski definition) is 1. The summed E-state index contributed by atoms with van der Waals surface area (Å²) in [4.78, 5) is 14.8. The van der Waals surface area contributed by atoms with Gasteiger partial charge in [-0.3, -0.25) is 14.4 Å². The molecule has 3 aromatic heterocycles. The summed E-state index contributed by atoms with van der Waals surface area (Å²) in [7, 11) is 0. The number of hydrogen-bond acceptors (Lipinski definition) is 5. The molecule has 0 bridgehead atoms. The number of rotatable bonds is 4. The van der Waals surface area contributed by atoms with Crippen molar-refractivity contribution in [3.05, 3.63) is 54.9 Å². The molecule has 6 heteroatoms. The highest BCUT2D eigenvalue weighted by Gasteiger charge is 2.30. The molecule has 0 aliphatic carbocycles. The summed E-state index contributed by atoms with van der Waals surface area (Å²) in [6.45, 7) is 1.85. The van der Waals surface area contributed by atoms with Gasteiger partial charge in [0.15, 0.2) is 5.65 Å². The van der Waals surface area contributed by atoms with Gasteiger partial charge in [0.25, 0.3) is 0 Å². The Morgan fingerprint density at radius 3 is 2.91 bits per heavy atom. The van der Waals surface area contributed by atoms with E-state index in [-0.39, 0.29) is 0 Å². The molecule has 1 N–H and O–H groups in total. The van der Waals surface area contributed by atoms with Crippen LogP contribution in [0.15, 0.2) is 49.3 Å². The van der Waals surface area contributed by atoms with Gasteiger partial charge in [0.2, 0.25) is 0 Å². The molecule has 22 heavy (non-hydrogen) atoms. The fraction of sp³-hybridized carbons (Fsp3) is 0.312. The lowest BCUT2D eigenvalue weighted by Gasteiger charge is -2.41. The van der Waals surface area contributed by atoms with Crippen molar-refractivity contribution in [3.8, 4) is 0 Å². The molecule has 112 valence electrons. The normalized spacial score (nSPS) is 16.7. The molecule has 0 radical (unpaired) electrons. The standard InChI is InChI=1S/C16H17N5O/c22-14(13-2-1-3-17-7-13)6-12-10-20(11-12)16-9-18-8-15-19-4-5-21(15)16/h1-5,7-9,12,14,22H,6,10-11H2. The Kier molecular flexibility index (Phi) is 3.23. The Hall–Kier alpha value is -2.47. The summed E-state index contributed by atoms with van der Waals surface area (Å²) in [6, 6.07) is 3.78. The Bertz CT molecular complexity index is 766. The molecule has 4 heterocycles. The number of aromatic nitrogens is 4. The predicted octanol–water partition coefficient (Wildman–Crippen LogP) is 1.68. The summed E-state index contributed by atoms with van der Waals surface area (Å²) < 4.78 is 2.04. The quantitative estimate of drug-likeness (QED) is 0.793. The van der Waals surface area contributed by atoms with Crippen LogP contribution in [0.1, 0.15) is 18.1 Å². The number of anilines is 1. The molecule has 1 saturated heterocycles. The Morgan fingerprint density at radius 1 is 1.18 bits per heavy atom. The van der Waals surface area contributed by atoms with Gasteiger partial charge in [-0.2, -0.15) is 0 Å². The third kappa shape index (κ3) is 2.31. The summed E-state index contributed by atoms with van der Waals surface area (Å²) in [5, 5.41) is 10.3. The van der Waals surface area contributed by atoms with Crippen LogP contribution in [0.3, 0.4) is 0 Å². The maximum absolute atomic E-state index is 10.3. The lowest BCUT2D eigenvalue weighted by Crippen LogP contribution is -2.48. The van der Waals surface area contributed by atoms with Crippen LogP contribution in [0, 0.1) is 5.92 Å². The topological polar surface area (TPSA) is 66.5 Å². The first kappa shape index (κ1) is 13.2. The maximum Gasteiger partial charge on any atom is 0.156 e. The van der Waals surface area contributed by atoms with Crippen molar-refractivity contribution in [1.29, 1.82) is 0 Å². The number of nitrogens with zero attached hydrogens (tertiary/aromatic N) is 5. The summed E-state index contributed by atoms with van der Waals surface area (Å²) >= 11 is 0. The Morgan fingerprint density at radius 2 is 2.09 bits per heavy atom. The van der Waals surface area contributed by atoms with E-state index in [1.807, 2.05) is 28.9 Å². The van der Waals surface area contributed by atoms with Crippen LogP contribution in [0.2, 0.25) is 0 Å². The monoisotopic (exact) mass is 295 g/mol. The first-order valence-corrected chi connectivity index (χ1v) is 7.41. The molecule has 1 atom stereocenters. The van der Waals surface area contributed by atoms with Gasteiger partial charge in [-0.05, 0) is 24.0 Å². The zero-order valence-corrected chi connectivity index (χ0v) is 12.1. The lowest BCUT2D eigenvalue weighted by molar-refractivity contribution is 0.134. The Labute approximate surface area is 128 Å². The highest BCUT2D eigenvalue weighted by atomic mass is 16.3. The molecule has 0 amide bonds. The van der Waals surface area contributed by atoms with Gasteiger partial charge in [0.05, 0.1) is 18.5 Å². The van der Waals surface area contributed by atoms with Gasteiger partial charge in [-0.1, -0.05) is 6.07 Å². The van der Waals surface area contributed by atoms with E-state index in [2.05, 4.69) is 19.9 Å². The van der Waals surface area contributed by atoms with Gasteiger partial charge in [0, 0.05) is 37.9 Å². The molecule has 0 saturated carbocycles. The zero-order chi connectivity index (χ0) is 14.9. The first-order chi connectivity index (χ1) is 10.8. The summed E-state index contributed by atoms with van der Waals surface area (Å²) in [5.74, 6) is 1.54. The van der Waals surface area contributed by atoms with Crippen LogP contribution in [0.25, 0.3) is 5.65 Å². The fourth-order valence-corrected chi connectivity index (χ4v) is 3.00. The molecule has 6 nitrogen and oxygen atoms in total. The van der Waals surface area contributed by atoms with E-state index in [0.717, 1.165) is 36.5 Å². The highest BCUT2D eigenvalue weighted by molar-refractivity contribution is 5.50. The summed E-state index contributed by atoms with van der Waals surface area (Å²) in [6.07, 6.45) is 11.1. The smallest absolute Gasteiger partial charge is 0.156 e. The van der Waals surface area contributed by atoms with Crippen molar-refractivity contribution in [3.63, 3.8) is 0 Å². The van der Waals surface area contributed by atoms with E-state index in [4.69, 9.17) is 0 Å². The van der Waals surface area contributed by atoms with Gasteiger partial charge in [-0.15, -0.1) is 0 Å². The second kappa shape index (κ2) is 5.38. The average molecular weight is 295 g/mol. The molecule has 1 aliphatic rings. The van der Waals surface area contributed by atoms with E-state index in [9.17, 15) is 5.11 Å².